The summed E-state index contributed by atoms with van der Waals surface area (Å²) in [6, 6.07) is 10.1. The molecule has 0 unspecified atom stereocenters. The van der Waals surface area contributed by atoms with Crippen LogP contribution in [0.15, 0.2) is 47.4 Å². The van der Waals surface area contributed by atoms with E-state index in [0.29, 0.717) is 26.2 Å². The van der Waals surface area contributed by atoms with Crippen molar-refractivity contribution in [3.63, 3.8) is 0 Å². The van der Waals surface area contributed by atoms with Crippen molar-refractivity contribution in [1.29, 1.82) is 0 Å². The molecule has 2 N–H and O–H groups in total. The number of nitrogens with one attached hydrogen (secondary N) is 2. The molecule has 0 aliphatic carbocycles. The van der Waals surface area contributed by atoms with Gasteiger partial charge < -0.3 is 10.2 Å². The van der Waals surface area contributed by atoms with Gasteiger partial charge in [-0.1, -0.05) is 12.1 Å². The molecule has 6 nitrogen and oxygen atoms in total. The second-order valence-electron chi connectivity index (χ2n) is 6.10. The zero-order chi connectivity index (χ0) is 18.7. The number of amides is 1. The van der Waals surface area contributed by atoms with Gasteiger partial charge in [-0.05, 0) is 42.8 Å². The molecule has 1 saturated heterocycles. The summed E-state index contributed by atoms with van der Waals surface area (Å²) in [5.41, 5.74) is 0.730. The predicted molar refractivity (Wildman–Crippen MR) is 104 cm³/mol. The van der Waals surface area contributed by atoms with Gasteiger partial charge in [-0.3, -0.25) is 9.52 Å². The third-order valence-corrected chi connectivity index (χ3v) is 5.61. The minimum absolute atomic E-state index is 0. The van der Waals surface area contributed by atoms with Gasteiger partial charge in [0.15, 0.2) is 0 Å². The van der Waals surface area contributed by atoms with Crippen molar-refractivity contribution in [3.8, 4) is 0 Å². The van der Waals surface area contributed by atoms with E-state index in [1.165, 1.54) is 19.1 Å². The maximum Gasteiger partial charge on any atom is 0.261 e. The summed E-state index contributed by atoms with van der Waals surface area (Å²) in [5.74, 6) is -0.696. The SMILES string of the molecule is Cc1cc(S(=O)(=O)Nc2ccccc2C(=O)N2CCNCC2)ccc1F.Cl. The monoisotopic (exact) mass is 413 g/mol. The van der Waals surface area contributed by atoms with Gasteiger partial charge in [0.25, 0.3) is 15.9 Å². The Morgan fingerprint density at radius 3 is 2.48 bits per heavy atom. The fourth-order valence-electron chi connectivity index (χ4n) is 2.78. The van der Waals surface area contributed by atoms with Gasteiger partial charge in [-0.15, -0.1) is 12.4 Å². The van der Waals surface area contributed by atoms with Crippen molar-refractivity contribution in [2.75, 3.05) is 30.9 Å². The van der Waals surface area contributed by atoms with Gasteiger partial charge >= 0.3 is 0 Å². The van der Waals surface area contributed by atoms with Crippen LogP contribution in [0.2, 0.25) is 0 Å². The van der Waals surface area contributed by atoms with Crippen LogP contribution in [0.5, 0.6) is 0 Å². The number of rotatable bonds is 4. The topological polar surface area (TPSA) is 78.5 Å². The average molecular weight is 414 g/mol. The minimum atomic E-state index is -3.94. The molecule has 0 saturated carbocycles. The summed E-state index contributed by atoms with van der Waals surface area (Å²) in [7, 11) is -3.94. The van der Waals surface area contributed by atoms with E-state index >= 15 is 0 Å². The van der Waals surface area contributed by atoms with Crippen LogP contribution >= 0.6 is 12.4 Å². The standard InChI is InChI=1S/C18H20FN3O3S.ClH/c1-13-12-14(6-7-16(13)19)26(24,25)21-17-5-3-2-4-15(17)18(23)22-10-8-20-9-11-22;/h2-7,12,20-21H,8-11H2,1H3;1H. The normalized spacial score (nSPS) is 14.4. The maximum atomic E-state index is 13.4. The number of sulfonamides is 1. The molecule has 1 fully saturated rings. The molecule has 9 heteroatoms. The molecule has 2 aromatic rings. The molecule has 1 heterocycles. The van der Waals surface area contributed by atoms with E-state index in [2.05, 4.69) is 10.0 Å². The lowest BCUT2D eigenvalue weighted by molar-refractivity contribution is 0.0737. The minimum Gasteiger partial charge on any atom is -0.336 e. The number of hydrogen-bond acceptors (Lipinski definition) is 4. The summed E-state index contributed by atoms with van der Waals surface area (Å²) >= 11 is 0. The smallest absolute Gasteiger partial charge is 0.261 e. The third-order valence-electron chi connectivity index (χ3n) is 4.25. The predicted octanol–water partition coefficient (Wildman–Crippen LogP) is 2.40. The molecule has 0 spiro atoms. The summed E-state index contributed by atoms with van der Waals surface area (Å²) in [4.78, 5) is 14.4. The largest absolute Gasteiger partial charge is 0.336 e. The van der Waals surface area contributed by atoms with E-state index in [-0.39, 0.29) is 40.0 Å². The van der Waals surface area contributed by atoms with Crippen LogP contribution in [-0.4, -0.2) is 45.4 Å². The Morgan fingerprint density at radius 1 is 1.15 bits per heavy atom. The van der Waals surface area contributed by atoms with Crippen molar-refractivity contribution in [2.45, 2.75) is 11.8 Å². The molecule has 1 aliphatic heterocycles. The Bertz CT molecular complexity index is 931. The number of carbonyl (C=O) groups excluding carboxylic acids is 1. The number of aryl methyl sites for hydroxylation is 1. The average Bonchev–Trinajstić information content (AvgIpc) is 2.64. The molecule has 0 bridgehead atoms. The number of piperazine rings is 1. The Kier molecular flexibility index (Phi) is 6.80. The first kappa shape index (κ1) is 21.1. The highest BCUT2D eigenvalue weighted by Crippen LogP contribution is 2.23. The first-order valence-corrected chi connectivity index (χ1v) is 9.75. The summed E-state index contributed by atoms with van der Waals surface area (Å²) < 4.78 is 41.2. The fraction of sp³-hybridized carbons (Fsp3) is 0.278. The number of para-hydroxylation sites is 1. The molecule has 146 valence electrons. The van der Waals surface area contributed by atoms with Crippen LogP contribution in [0, 0.1) is 12.7 Å². The number of benzene rings is 2. The molecule has 0 aromatic heterocycles. The highest BCUT2D eigenvalue weighted by molar-refractivity contribution is 7.92. The third kappa shape index (κ3) is 4.77. The van der Waals surface area contributed by atoms with Crippen LogP contribution in [0.3, 0.4) is 0 Å². The summed E-state index contributed by atoms with van der Waals surface area (Å²) in [5, 5.41) is 3.17. The van der Waals surface area contributed by atoms with E-state index in [4.69, 9.17) is 0 Å². The van der Waals surface area contributed by atoms with E-state index in [9.17, 15) is 17.6 Å². The van der Waals surface area contributed by atoms with Gasteiger partial charge in [0.05, 0.1) is 16.1 Å². The Balaban J connectivity index is 0.00000261. The van der Waals surface area contributed by atoms with E-state index in [0.717, 1.165) is 6.07 Å². The molecule has 3 rings (SSSR count). The zero-order valence-electron chi connectivity index (χ0n) is 14.7. The number of halogens is 2. The highest BCUT2D eigenvalue weighted by Gasteiger charge is 2.23. The van der Waals surface area contributed by atoms with E-state index in [1.54, 1.807) is 29.2 Å². The van der Waals surface area contributed by atoms with Crippen molar-refractivity contribution in [3.05, 3.63) is 59.4 Å². The quantitative estimate of drug-likeness (QED) is 0.806. The van der Waals surface area contributed by atoms with Gasteiger partial charge in [0.2, 0.25) is 0 Å². The van der Waals surface area contributed by atoms with Gasteiger partial charge in [-0.25, -0.2) is 12.8 Å². The number of hydrogen-bond donors (Lipinski definition) is 2. The number of anilines is 1. The van der Waals surface area contributed by atoms with Gasteiger partial charge in [-0.2, -0.15) is 0 Å². The summed E-state index contributed by atoms with van der Waals surface area (Å²) in [6.07, 6.45) is 0. The maximum absolute atomic E-state index is 13.4. The van der Waals surface area contributed by atoms with Crippen LogP contribution in [0.1, 0.15) is 15.9 Å². The number of carbonyl (C=O) groups is 1. The Labute approximate surface area is 164 Å². The molecule has 0 radical (unpaired) electrons. The lowest BCUT2D eigenvalue weighted by Gasteiger charge is -2.28. The second kappa shape index (κ2) is 8.69. The van der Waals surface area contributed by atoms with Crippen LogP contribution in [0.25, 0.3) is 0 Å². The highest BCUT2D eigenvalue weighted by atomic mass is 35.5. The molecule has 27 heavy (non-hydrogen) atoms. The molecule has 2 aromatic carbocycles. The molecule has 0 atom stereocenters. The van der Waals surface area contributed by atoms with Crippen LogP contribution < -0.4 is 10.0 Å². The van der Waals surface area contributed by atoms with Gasteiger partial charge in [0.1, 0.15) is 5.82 Å². The van der Waals surface area contributed by atoms with Crippen LogP contribution in [-0.2, 0) is 10.0 Å². The van der Waals surface area contributed by atoms with Crippen LogP contribution in [0.4, 0.5) is 10.1 Å². The van der Waals surface area contributed by atoms with Crippen molar-refractivity contribution < 1.29 is 17.6 Å². The zero-order valence-corrected chi connectivity index (χ0v) is 16.4. The first-order valence-electron chi connectivity index (χ1n) is 8.26. The summed E-state index contributed by atoms with van der Waals surface area (Å²) in [6.45, 7) is 4.04. The Hall–Kier alpha value is -2.16. The molecular weight excluding hydrogens is 393 g/mol. The lowest BCUT2D eigenvalue weighted by Crippen LogP contribution is -2.46. The van der Waals surface area contributed by atoms with Crippen molar-refractivity contribution >= 4 is 34.0 Å². The lowest BCUT2D eigenvalue weighted by atomic mass is 10.1. The molecule has 1 amide bonds. The molecule has 1 aliphatic rings. The van der Waals surface area contributed by atoms with E-state index in [1.807, 2.05) is 0 Å². The van der Waals surface area contributed by atoms with Crippen molar-refractivity contribution in [1.82, 2.24) is 10.2 Å². The first-order chi connectivity index (χ1) is 12.4. The fourth-order valence-corrected chi connectivity index (χ4v) is 3.95. The molecular formula is C18H21ClFN3O3S. The second-order valence-corrected chi connectivity index (χ2v) is 7.79. The van der Waals surface area contributed by atoms with Crippen molar-refractivity contribution in [2.24, 2.45) is 0 Å². The Morgan fingerprint density at radius 2 is 1.81 bits per heavy atom. The van der Waals surface area contributed by atoms with Gasteiger partial charge in [0, 0.05) is 26.2 Å². The number of nitrogens with zero attached hydrogens (tertiary/aromatic N) is 1. The van der Waals surface area contributed by atoms with E-state index < -0.39 is 15.8 Å².